The van der Waals surface area contributed by atoms with Crippen molar-refractivity contribution in [3.8, 4) is 0 Å². The van der Waals surface area contributed by atoms with E-state index in [-0.39, 0.29) is 5.75 Å². The fraction of sp³-hybridized carbons (Fsp3) is 0.444. The van der Waals surface area contributed by atoms with Gasteiger partial charge in [0.25, 0.3) is 0 Å². The molecule has 0 saturated heterocycles. The summed E-state index contributed by atoms with van der Waals surface area (Å²) in [5.74, 6) is -0.448. The number of aromatic nitrogens is 2. The Morgan fingerprint density at radius 2 is 2.07 bits per heavy atom. The molecule has 0 aliphatic heterocycles. The largest absolute Gasteiger partial charge is 0.481 e. The molecule has 0 aliphatic rings. The molecular formula is C9H13N3O2S. The van der Waals surface area contributed by atoms with Crippen molar-refractivity contribution in [3.05, 3.63) is 23.3 Å². The van der Waals surface area contributed by atoms with Crippen molar-refractivity contribution in [2.75, 3.05) is 5.75 Å². The number of carboxylic acids is 1. The molecule has 5 nitrogen and oxygen atoms in total. The second kappa shape index (κ2) is 5.09. The van der Waals surface area contributed by atoms with Crippen LogP contribution in [0, 0.1) is 13.8 Å². The van der Waals surface area contributed by atoms with Gasteiger partial charge in [0.1, 0.15) is 5.37 Å². The molecule has 3 N–H and O–H groups in total. The third-order valence-corrected chi connectivity index (χ3v) is 2.62. The van der Waals surface area contributed by atoms with Gasteiger partial charge in [0.2, 0.25) is 0 Å². The first-order chi connectivity index (χ1) is 6.99. The van der Waals surface area contributed by atoms with Crippen molar-refractivity contribution in [3.63, 3.8) is 0 Å². The van der Waals surface area contributed by atoms with Gasteiger partial charge >= 0.3 is 5.97 Å². The van der Waals surface area contributed by atoms with Crippen molar-refractivity contribution in [1.29, 1.82) is 0 Å². The number of nitrogens with zero attached hydrogens (tertiary/aromatic N) is 2. The van der Waals surface area contributed by atoms with E-state index >= 15 is 0 Å². The average molecular weight is 227 g/mol. The molecule has 0 bridgehead atoms. The maximum absolute atomic E-state index is 10.4. The molecule has 1 unspecified atom stereocenters. The molecule has 1 heterocycles. The van der Waals surface area contributed by atoms with Gasteiger partial charge in [-0.15, -0.1) is 11.8 Å². The van der Waals surface area contributed by atoms with E-state index in [1.54, 1.807) is 0 Å². The Morgan fingerprint density at radius 3 is 2.53 bits per heavy atom. The zero-order valence-electron chi connectivity index (χ0n) is 8.60. The molecule has 0 fully saturated rings. The van der Waals surface area contributed by atoms with Gasteiger partial charge in [-0.1, -0.05) is 0 Å². The Balaban J connectivity index is 2.72. The van der Waals surface area contributed by atoms with Crippen molar-refractivity contribution in [2.24, 2.45) is 5.73 Å². The van der Waals surface area contributed by atoms with Gasteiger partial charge in [-0.2, -0.15) is 0 Å². The Labute approximate surface area is 92.1 Å². The minimum atomic E-state index is -0.889. The lowest BCUT2D eigenvalue weighted by Gasteiger charge is -2.09. The summed E-state index contributed by atoms with van der Waals surface area (Å²) in [6, 6.07) is 1.85. The molecule has 15 heavy (non-hydrogen) atoms. The first-order valence-electron chi connectivity index (χ1n) is 4.40. The Bertz CT molecular complexity index is 350. The molecule has 0 radical (unpaired) electrons. The molecule has 1 aromatic rings. The van der Waals surface area contributed by atoms with Crippen molar-refractivity contribution in [2.45, 2.75) is 19.2 Å². The van der Waals surface area contributed by atoms with E-state index in [2.05, 4.69) is 9.97 Å². The zero-order chi connectivity index (χ0) is 11.4. The highest BCUT2D eigenvalue weighted by Gasteiger charge is 2.12. The average Bonchev–Trinajstić information content (AvgIpc) is 2.12. The quantitative estimate of drug-likeness (QED) is 0.742. The van der Waals surface area contributed by atoms with Crippen LogP contribution in [0.2, 0.25) is 0 Å². The predicted octanol–water partition coefficient (Wildman–Crippen LogP) is 0.869. The van der Waals surface area contributed by atoms with Crippen LogP contribution in [0.15, 0.2) is 6.07 Å². The Kier molecular flexibility index (Phi) is 4.05. The molecule has 0 spiro atoms. The van der Waals surface area contributed by atoms with Crippen LogP contribution in [0.25, 0.3) is 0 Å². The van der Waals surface area contributed by atoms with Crippen LogP contribution in [0.5, 0.6) is 0 Å². The van der Waals surface area contributed by atoms with Crippen molar-refractivity contribution < 1.29 is 9.90 Å². The number of hydrogen-bond donors (Lipinski definition) is 2. The standard InChI is InChI=1S/C9H13N3O2S/c1-5-3-6(2)12-9(11-5)8(10)15-4-7(13)14/h3,8H,4,10H2,1-2H3,(H,13,14). The minimum absolute atomic E-state index is 0.0441. The summed E-state index contributed by atoms with van der Waals surface area (Å²) in [5, 5.41) is 8.01. The summed E-state index contributed by atoms with van der Waals surface area (Å²) in [6.07, 6.45) is 0. The van der Waals surface area contributed by atoms with Gasteiger partial charge in [0.05, 0.1) is 5.75 Å². The third kappa shape index (κ3) is 3.85. The zero-order valence-corrected chi connectivity index (χ0v) is 9.41. The van der Waals surface area contributed by atoms with E-state index in [9.17, 15) is 4.79 Å². The summed E-state index contributed by atoms with van der Waals surface area (Å²) in [7, 11) is 0. The van der Waals surface area contributed by atoms with Crippen LogP contribution in [0.1, 0.15) is 22.6 Å². The van der Waals surface area contributed by atoms with Gasteiger partial charge in [-0.05, 0) is 19.9 Å². The maximum Gasteiger partial charge on any atom is 0.313 e. The number of rotatable bonds is 4. The van der Waals surface area contributed by atoms with Crippen LogP contribution >= 0.6 is 11.8 Å². The van der Waals surface area contributed by atoms with E-state index in [1.807, 2.05) is 19.9 Å². The molecule has 82 valence electrons. The van der Waals surface area contributed by atoms with Gasteiger partial charge in [-0.3, -0.25) is 4.79 Å². The minimum Gasteiger partial charge on any atom is -0.481 e. The second-order valence-corrected chi connectivity index (χ2v) is 4.26. The second-order valence-electron chi connectivity index (χ2n) is 3.13. The summed E-state index contributed by atoms with van der Waals surface area (Å²) >= 11 is 1.11. The highest BCUT2D eigenvalue weighted by molar-refractivity contribution is 8.00. The lowest BCUT2D eigenvalue weighted by molar-refractivity contribution is -0.133. The number of carboxylic acid groups (broad SMARTS) is 1. The van der Waals surface area contributed by atoms with Crippen LogP contribution in [0.4, 0.5) is 0 Å². The van der Waals surface area contributed by atoms with Crippen LogP contribution < -0.4 is 5.73 Å². The topological polar surface area (TPSA) is 89.1 Å². The maximum atomic E-state index is 10.4. The predicted molar refractivity (Wildman–Crippen MR) is 58.5 cm³/mol. The Morgan fingerprint density at radius 1 is 1.53 bits per heavy atom. The van der Waals surface area contributed by atoms with Gasteiger partial charge in [-0.25, -0.2) is 9.97 Å². The molecule has 1 rings (SSSR count). The van der Waals surface area contributed by atoms with E-state index in [1.165, 1.54) is 0 Å². The molecule has 1 aromatic heterocycles. The van der Waals surface area contributed by atoms with Crippen LogP contribution in [0.3, 0.4) is 0 Å². The summed E-state index contributed by atoms with van der Waals surface area (Å²) in [6.45, 7) is 3.71. The molecule has 6 heteroatoms. The molecular weight excluding hydrogens is 214 g/mol. The van der Waals surface area contributed by atoms with E-state index in [0.717, 1.165) is 23.1 Å². The molecule has 0 amide bonds. The van der Waals surface area contributed by atoms with Crippen molar-refractivity contribution >= 4 is 17.7 Å². The van der Waals surface area contributed by atoms with Crippen molar-refractivity contribution in [1.82, 2.24) is 9.97 Å². The van der Waals surface area contributed by atoms with Gasteiger partial charge < -0.3 is 10.8 Å². The highest BCUT2D eigenvalue weighted by atomic mass is 32.2. The van der Waals surface area contributed by atoms with E-state index in [4.69, 9.17) is 10.8 Å². The summed E-state index contributed by atoms with van der Waals surface area (Å²) < 4.78 is 0. The monoisotopic (exact) mass is 227 g/mol. The normalized spacial score (nSPS) is 12.5. The molecule has 0 saturated carbocycles. The lowest BCUT2D eigenvalue weighted by atomic mass is 10.3. The lowest BCUT2D eigenvalue weighted by Crippen LogP contribution is -2.14. The first-order valence-corrected chi connectivity index (χ1v) is 5.45. The first kappa shape index (κ1) is 11.9. The van der Waals surface area contributed by atoms with Gasteiger partial charge in [0, 0.05) is 11.4 Å². The fourth-order valence-electron chi connectivity index (χ4n) is 1.12. The van der Waals surface area contributed by atoms with E-state index < -0.39 is 11.3 Å². The number of thioether (sulfide) groups is 1. The fourth-order valence-corrected chi connectivity index (χ4v) is 1.69. The van der Waals surface area contributed by atoms with Crippen LogP contribution in [-0.2, 0) is 4.79 Å². The number of aliphatic carboxylic acids is 1. The number of nitrogens with two attached hydrogens (primary N) is 1. The summed E-state index contributed by atoms with van der Waals surface area (Å²) in [5.41, 5.74) is 7.43. The SMILES string of the molecule is Cc1cc(C)nc(C(N)SCC(=O)O)n1. The summed E-state index contributed by atoms with van der Waals surface area (Å²) in [4.78, 5) is 18.7. The van der Waals surface area contributed by atoms with E-state index in [0.29, 0.717) is 5.82 Å². The number of hydrogen-bond acceptors (Lipinski definition) is 5. The van der Waals surface area contributed by atoms with Crippen LogP contribution in [-0.4, -0.2) is 26.8 Å². The number of carbonyl (C=O) groups is 1. The molecule has 0 aromatic carbocycles. The Hall–Kier alpha value is -1.14. The third-order valence-electron chi connectivity index (χ3n) is 1.64. The highest BCUT2D eigenvalue weighted by Crippen LogP contribution is 2.20. The molecule has 0 aliphatic carbocycles. The van der Waals surface area contributed by atoms with Gasteiger partial charge in [0.15, 0.2) is 5.82 Å². The number of aryl methyl sites for hydroxylation is 2. The smallest absolute Gasteiger partial charge is 0.313 e. The molecule has 1 atom stereocenters.